The summed E-state index contributed by atoms with van der Waals surface area (Å²) in [4.78, 5) is 6.32. The Balaban J connectivity index is 1.70. The average Bonchev–Trinajstić information content (AvgIpc) is 2.88. The minimum atomic E-state index is -0.0734. The maximum Gasteiger partial charge on any atom is 0.0946 e. The second-order valence-electron chi connectivity index (χ2n) is 4.82. The van der Waals surface area contributed by atoms with E-state index >= 15 is 0 Å². The molecule has 90 valence electrons. The normalized spacial score (nSPS) is 25.4. The lowest BCUT2D eigenvalue weighted by Gasteiger charge is -2.23. The summed E-state index contributed by atoms with van der Waals surface area (Å²) >= 11 is 0. The number of aliphatic hydroxyl groups is 1. The molecule has 16 heavy (non-hydrogen) atoms. The molecule has 1 N–H and O–H groups in total. The lowest BCUT2D eigenvalue weighted by atomic mass is 10.1. The van der Waals surface area contributed by atoms with Gasteiger partial charge in [-0.2, -0.15) is 0 Å². The van der Waals surface area contributed by atoms with Crippen molar-refractivity contribution in [2.24, 2.45) is 5.92 Å². The van der Waals surface area contributed by atoms with Crippen molar-refractivity contribution in [2.75, 3.05) is 20.1 Å². The zero-order valence-electron chi connectivity index (χ0n) is 9.92. The molecule has 1 aliphatic carbocycles. The predicted molar refractivity (Wildman–Crippen MR) is 63.1 cm³/mol. The summed E-state index contributed by atoms with van der Waals surface area (Å²) in [5, 5.41) is 9.75. The standard InChI is InChI=1S/C12H21N3O/c1-14(7-8-15-6-5-13-10-15)9-11-3-2-4-12(11)16/h5-6,10-12,16H,2-4,7-9H2,1H3. The maximum atomic E-state index is 9.75. The van der Waals surface area contributed by atoms with Crippen molar-refractivity contribution < 1.29 is 5.11 Å². The van der Waals surface area contributed by atoms with E-state index in [4.69, 9.17) is 0 Å². The zero-order valence-corrected chi connectivity index (χ0v) is 9.92. The summed E-state index contributed by atoms with van der Waals surface area (Å²) in [6, 6.07) is 0. The number of imidazole rings is 1. The minimum absolute atomic E-state index is 0.0734. The van der Waals surface area contributed by atoms with Crippen molar-refractivity contribution in [2.45, 2.75) is 31.9 Å². The molecular weight excluding hydrogens is 202 g/mol. The van der Waals surface area contributed by atoms with E-state index < -0.39 is 0 Å². The fourth-order valence-electron chi connectivity index (χ4n) is 2.43. The molecule has 0 aromatic carbocycles. The summed E-state index contributed by atoms with van der Waals surface area (Å²) in [6.07, 6.45) is 8.91. The highest BCUT2D eigenvalue weighted by molar-refractivity contribution is 4.79. The molecule has 2 atom stereocenters. The van der Waals surface area contributed by atoms with Gasteiger partial charge >= 0.3 is 0 Å². The van der Waals surface area contributed by atoms with E-state index in [-0.39, 0.29) is 6.10 Å². The lowest BCUT2D eigenvalue weighted by molar-refractivity contribution is 0.108. The van der Waals surface area contributed by atoms with Gasteiger partial charge in [0.25, 0.3) is 0 Å². The van der Waals surface area contributed by atoms with Gasteiger partial charge in [-0.05, 0) is 25.8 Å². The number of nitrogens with zero attached hydrogens (tertiary/aromatic N) is 3. The first-order chi connectivity index (χ1) is 7.75. The lowest BCUT2D eigenvalue weighted by Crippen LogP contribution is -2.31. The van der Waals surface area contributed by atoms with Crippen LogP contribution in [0.5, 0.6) is 0 Å². The molecule has 1 aliphatic rings. The van der Waals surface area contributed by atoms with E-state index in [0.29, 0.717) is 5.92 Å². The number of hydrogen-bond donors (Lipinski definition) is 1. The number of rotatable bonds is 5. The summed E-state index contributed by atoms with van der Waals surface area (Å²) in [6.45, 7) is 2.99. The summed E-state index contributed by atoms with van der Waals surface area (Å²) in [5.41, 5.74) is 0. The van der Waals surface area contributed by atoms with Crippen LogP contribution in [0.3, 0.4) is 0 Å². The molecule has 2 rings (SSSR count). The molecule has 4 nitrogen and oxygen atoms in total. The van der Waals surface area contributed by atoms with Gasteiger partial charge < -0.3 is 14.6 Å². The molecule has 0 aliphatic heterocycles. The molecule has 2 unspecified atom stereocenters. The highest BCUT2D eigenvalue weighted by Crippen LogP contribution is 2.25. The Morgan fingerprint density at radius 2 is 2.38 bits per heavy atom. The Bertz CT molecular complexity index is 299. The van der Waals surface area contributed by atoms with Crippen LogP contribution in [0.25, 0.3) is 0 Å². The average molecular weight is 223 g/mol. The number of likely N-dealkylation sites (N-methyl/N-ethyl adjacent to an activating group) is 1. The van der Waals surface area contributed by atoms with Crippen LogP contribution in [0.15, 0.2) is 18.7 Å². The zero-order chi connectivity index (χ0) is 11.4. The molecule has 1 fully saturated rings. The SMILES string of the molecule is CN(CCn1ccnc1)CC1CCCC1O. The first kappa shape index (κ1) is 11.6. The second kappa shape index (κ2) is 5.46. The Kier molecular flexibility index (Phi) is 3.96. The molecule has 1 saturated carbocycles. The van der Waals surface area contributed by atoms with E-state index in [1.165, 1.54) is 12.8 Å². The molecular formula is C12H21N3O. The van der Waals surface area contributed by atoms with Gasteiger partial charge in [-0.15, -0.1) is 0 Å². The molecule has 0 amide bonds. The summed E-state index contributed by atoms with van der Waals surface area (Å²) in [7, 11) is 2.13. The van der Waals surface area contributed by atoms with Gasteiger partial charge in [-0.25, -0.2) is 4.98 Å². The molecule has 1 heterocycles. The van der Waals surface area contributed by atoms with Crippen LogP contribution in [0, 0.1) is 5.92 Å². The Hall–Kier alpha value is -0.870. The molecule has 4 heteroatoms. The molecule has 1 aromatic heterocycles. The van der Waals surface area contributed by atoms with E-state index in [0.717, 1.165) is 26.1 Å². The van der Waals surface area contributed by atoms with Crippen LogP contribution in [0.4, 0.5) is 0 Å². The molecule has 0 saturated heterocycles. The third-order valence-corrected chi connectivity index (χ3v) is 3.46. The third kappa shape index (κ3) is 3.06. The maximum absolute atomic E-state index is 9.75. The van der Waals surface area contributed by atoms with Crippen molar-refractivity contribution >= 4 is 0 Å². The van der Waals surface area contributed by atoms with E-state index in [9.17, 15) is 5.11 Å². The second-order valence-corrected chi connectivity index (χ2v) is 4.82. The van der Waals surface area contributed by atoms with Gasteiger partial charge in [0.1, 0.15) is 0 Å². The Morgan fingerprint density at radius 1 is 1.50 bits per heavy atom. The van der Waals surface area contributed by atoms with Gasteiger partial charge in [0.15, 0.2) is 0 Å². The molecule has 1 aromatic rings. The molecule has 0 spiro atoms. The van der Waals surface area contributed by atoms with Crippen LogP contribution in [0.2, 0.25) is 0 Å². The van der Waals surface area contributed by atoms with Crippen molar-refractivity contribution in [3.63, 3.8) is 0 Å². The van der Waals surface area contributed by atoms with Crippen molar-refractivity contribution in [3.8, 4) is 0 Å². The predicted octanol–water partition coefficient (Wildman–Crippen LogP) is 0.976. The van der Waals surface area contributed by atoms with Gasteiger partial charge in [0.2, 0.25) is 0 Å². The van der Waals surface area contributed by atoms with Gasteiger partial charge in [-0.3, -0.25) is 0 Å². The van der Waals surface area contributed by atoms with Crippen LogP contribution >= 0.6 is 0 Å². The van der Waals surface area contributed by atoms with Crippen molar-refractivity contribution in [1.82, 2.24) is 14.5 Å². The Morgan fingerprint density at radius 3 is 3.00 bits per heavy atom. The largest absolute Gasteiger partial charge is 0.393 e. The van der Waals surface area contributed by atoms with Crippen molar-refractivity contribution in [1.29, 1.82) is 0 Å². The highest BCUT2D eigenvalue weighted by atomic mass is 16.3. The van der Waals surface area contributed by atoms with Gasteiger partial charge in [-0.1, -0.05) is 6.42 Å². The number of aromatic nitrogens is 2. The van der Waals surface area contributed by atoms with Gasteiger partial charge in [0, 0.05) is 32.0 Å². The third-order valence-electron chi connectivity index (χ3n) is 3.46. The van der Waals surface area contributed by atoms with Crippen LogP contribution < -0.4 is 0 Å². The Labute approximate surface area is 96.9 Å². The van der Waals surface area contributed by atoms with Gasteiger partial charge in [0.05, 0.1) is 12.4 Å². The van der Waals surface area contributed by atoms with Crippen LogP contribution in [0.1, 0.15) is 19.3 Å². The smallest absolute Gasteiger partial charge is 0.0946 e. The summed E-state index contributed by atoms with van der Waals surface area (Å²) in [5.74, 6) is 0.479. The van der Waals surface area contributed by atoms with Crippen LogP contribution in [-0.2, 0) is 6.54 Å². The van der Waals surface area contributed by atoms with Crippen LogP contribution in [-0.4, -0.2) is 45.8 Å². The quantitative estimate of drug-likeness (QED) is 0.809. The topological polar surface area (TPSA) is 41.3 Å². The van der Waals surface area contributed by atoms with E-state index in [1.807, 2.05) is 12.5 Å². The molecule has 0 radical (unpaired) electrons. The highest BCUT2D eigenvalue weighted by Gasteiger charge is 2.25. The van der Waals surface area contributed by atoms with E-state index in [1.54, 1.807) is 6.20 Å². The first-order valence-electron chi connectivity index (χ1n) is 6.08. The molecule has 0 bridgehead atoms. The van der Waals surface area contributed by atoms with E-state index in [2.05, 4.69) is 21.5 Å². The minimum Gasteiger partial charge on any atom is -0.393 e. The number of hydrogen-bond acceptors (Lipinski definition) is 3. The number of aliphatic hydroxyl groups excluding tert-OH is 1. The monoisotopic (exact) mass is 223 g/mol. The fourth-order valence-corrected chi connectivity index (χ4v) is 2.43. The fraction of sp³-hybridized carbons (Fsp3) is 0.750. The summed E-state index contributed by atoms with van der Waals surface area (Å²) < 4.78 is 2.08. The van der Waals surface area contributed by atoms with Crippen molar-refractivity contribution in [3.05, 3.63) is 18.7 Å². The first-order valence-corrected chi connectivity index (χ1v) is 6.08.